The van der Waals surface area contributed by atoms with Crippen molar-refractivity contribution in [3.8, 4) is 0 Å². The first-order chi connectivity index (χ1) is 6.86. The molecule has 1 rings (SSSR count). The number of ether oxygens (including phenoxy) is 1. The zero-order chi connectivity index (χ0) is 10.2. The van der Waals surface area contributed by atoms with Gasteiger partial charge in [0, 0.05) is 26.2 Å². The van der Waals surface area contributed by atoms with Gasteiger partial charge in [-0.05, 0) is 25.8 Å². The minimum absolute atomic E-state index is 0.224. The summed E-state index contributed by atoms with van der Waals surface area (Å²) in [4.78, 5) is 2.40. The summed E-state index contributed by atoms with van der Waals surface area (Å²) in [6.07, 6.45) is 3.42. The Hall–Kier alpha value is -0.160. The fourth-order valence-electron chi connectivity index (χ4n) is 1.75. The number of nitrogens with zero attached hydrogens (tertiary/aromatic N) is 1. The van der Waals surface area contributed by atoms with Crippen LogP contribution in [0.1, 0.15) is 19.3 Å². The van der Waals surface area contributed by atoms with Crippen molar-refractivity contribution in [1.29, 1.82) is 0 Å². The molecule has 0 aromatic carbocycles. The maximum Gasteiger partial charge on any atom is 0.0824 e. The quantitative estimate of drug-likeness (QED) is 0.586. The van der Waals surface area contributed by atoms with Gasteiger partial charge in [0.2, 0.25) is 0 Å². The summed E-state index contributed by atoms with van der Waals surface area (Å²) in [6, 6.07) is 0. The molecule has 0 amide bonds. The summed E-state index contributed by atoms with van der Waals surface area (Å²) < 4.78 is 5.48. The first-order valence-corrected chi connectivity index (χ1v) is 5.51. The first-order valence-electron chi connectivity index (χ1n) is 5.51. The number of aliphatic hydroxyl groups is 1. The lowest BCUT2D eigenvalue weighted by Gasteiger charge is -2.32. The second-order valence-electron chi connectivity index (χ2n) is 3.81. The molecule has 0 aromatic heterocycles. The van der Waals surface area contributed by atoms with Crippen LogP contribution in [0.15, 0.2) is 0 Å². The van der Waals surface area contributed by atoms with Crippen molar-refractivity contribution in [3.63, 3.8) is 0 Å². The van der Waals surface area contributed by atoms with Gasteiger partial charge in [0.1, 0.15) is 0 Å². The smallest absolute Gasteiger partial charge is 0.0824 e. The number of morpholine rings is 1. The van der Waals surface area contributed by atoms with E-state index < -0.39 is 0 Å². The monoisotopic (exact) mass is 202 g/mol. The van der Waals surface area contributed by atoms with Gasteiger partial charge in [0.15, 0.2) is 0 Å². The standard InChI is InChI=1S/C10H22N2O2/c11-8-10-9-12(5-7-14-10)4-2-1-3-6-13/h10,13H,1-9,11H2. The average Bonchev–Trinajstić information content (AvgIpc) is 2.25. The van der Waals surface area contributed by atoms with E-state index in [-0.39, 0.29) is 6.10 Å². The summed E-state index contributed by atoms with van der Waals surface area (Å²) in [7, 11) is 0. The molecular formula is C10H22N2O2. The molecule has 0 spiro atoms. The number of aliphatic hydroxyl groups excluding tert-OH is 1. The van der Waals surface area contributed by atoms with E-state index in [1.54, 1.807) is 0 Å². The second kappa shape index (κ2) is 7.17. The predicted molar refractivity (Wildman–Crippen MR) is 56.2 cm³/mol. The Morgan fingerprint density at radius 1 is 1.36 bits per heavy atom. The molecule has 0 radical (unpaired) electrons. The summed E-state index contributed by atoms with van der Waals surface area (Å²) >= 11 is 0. The minimum atomic E-state index is 0.224. The van der Waals surface area contributed by atoms with Crippen LogP contribution in [-0.2, 0) is 4.74 Å². The van der Waals surface area contributed by atoms with Crippen LogP contribution in [0.25, 0.3) is 0 Å². The predicted octanol–water partition coefficient (Wildman–Crippen LogP) is -0.192. The third-order valence-corrected chi connectivity index (χ3v) is 2.62. The molecule has 1 fully saturated rings. The van der Waals surface area contributed by atoms with E-state index in [1.807, 2.05) is 0 Å². The Labute approximate surface area is 86.0 Å². The molecule has 0 aliphatic carbocycles. The van der Waals surface area contributed by atoms with E-state index in [4.69, 9.17) is 15.6 Å². The molecule has 1 aliphatic rings. The lowest BCUT2D eigenvalue weighted by Crippen LogP contribution is -2.45. The van der Waals surface area contributed by atoms with Crippen molar-refractivity contribution in [3.05, 3.63) is 0 Å². The van der Waals surface area contributed by atoms with Crippen molar-refractivity contribution >= 4 is 0 Å². The zero-order valence-electron chi connectivity index (χ0n) is 8.82. The Balaban J connectivity index is 2.05. The van der Waals surface area contributed by atoms with Gasteiger partial charge >= 0.3 is 0 Å². The summed E-state index contributed by atoms with van der Waals surface area (Å²) in [5, 5.41) is 8.63. The highest BCUT2D eigenvalue weighted by Gasteiger charge is 2.18. The van der Waals surface area contributed by atoms with Gasteiger partial charge in [-0.3, -0.25) is 4.90 Å². The summed E-state index contributed by atoms with van der Waals surface area (Å²) in [6.45, 7) is 4.84. The number of hydrogen-bond donors (Lipinski definition) is 2. The largest absolute Gasteiger partial charge is 0.396 e. The normalized spacial score (nSPS) is 24.0. The maximum atomic E-state index is 8.63. The van der Waals surface area contributed by atoms with E-state index in [0.29, 0.717) is 13.2 Å². The van der Waals surface area contributed by atoms with Crippen molar-refractivity contribution in [2.45, 2.75) is 25.4 Å². The van der Waals surface area contributed by atoms with Gasteiger partial charge < -0.3 is 15.6 Å². The molecule has 3 N–H and O–H groups in total. The number of nitrogens with two attached hydrogens (primary N) is 1. The molecule has 0 aromatic rings. The van der Waals surface area contributed by atoms with Crippen molar-refractivity contribution in [1.82, 2.24) is 4.90 Å². The van der Waals surface area contributed by atoms with Crippen LogP contribution in [0.4, 0.5) is 0 Å². The van der Waals surface area contributed by atoms with Crippen LogP contribution in [0.5, 0.6) is 0 Å². The van der Waals surface area contributed by atoms with Crippen LogP contribution in [0, 0.1) is 0 Å². The van der Waals surface area contributed by atoms with Crippen LogP contribution in [0.2, 0.25) is 0 Å². The molecule has 1 aliphatic heterocycles. The fourth-order valence-corrected chi connectivity index (χ4v) is 1.75. The molecule has 1 unspecified atom stereocenters. The van der Waals surface area contributed by atoms with E-state index >= 15 is 0 Å². The molecule has 14 heavy (non-hydrogen) atoms. The lowest BCUT2D eigenvalue weighted by molar-refractivity contribution is -0.0235. The zero-order valence-corrected chi connectivity index (χ0v) is 8.82. The number of hydrogen-bond acceptors (Lipinski definition) is 4. The molecule has 4 nitrogen and oxygen atoms in total. The molecule has 4 heteroatoms. The Morgan fingerprint density at radius 2 is 2.21 bits per heavy atom. The Morgan fingerprint density at radius 3 is 2.93 bits per heavy atom. The highest BCUT2D eigenvalue weighted by atomic mass is 16.5. The van der Waals surface area contributed by atoms with Crippen LogP contribution in [0.3, 0.4) is 0 Å². The van der Waals surface area contributed by atoms with Gasteiger partial charge in [-0.2, -0.15) is 0 Å². The van der Waals surface area contributed by atoms with Crippen LogP contribution in [-0.4, -0.2) is 55.5 Å². The average molecular weight is 202 g/mol. The van der Waals surface area contributed by atoms with E-state index in [2.05, 4.69) is 4.90 Å². The third-order valence-electron chi connectivity index (χ3n) is 2.62. The summed E-state index contributed by atoms with van der Waals surface area (Å²) in [5.74, 6) is 0. The molecular weight excluding hydrogens is 180 g/mol. The number of rotatable bonds is 6. The molecule has 0 saturated carbocycles. The SMILES string of the molecule is NCC1CN(CCCCCO)CCO1. The van der Waals surface area contributed by atoms with Crippen molar-refractivity contribution in [2.24, 2.45) is 5.73 Å². The topological polar surface area (TPSA) is 58.7 Å². The molecule has 1 saturated heterocycles. The third kappa shape index (κ3) is 4.37. The van der Waals surface area contributed by atoms with Gasteiger partial charge in [0.05, 0.1) is 12.7 Å². The second-order valence-corrected chi connectivity index (χ2v) is 3.81. The minimum Gasteiger partial charge on any atom is -0.396 e. The molecule has 1 heterocycles. The highest BCUT2D eigenvalue weighted by Crippen LogP contribution is 2.06. The van der Waals surface area contributed by atoms with Gasteiger partial charge in [-0.15, -0.1) is 0 Å². The van der Waals surface area contributed by atoms with E-state index in [1.165, 1.54) is 0 Å². The van der Waals surface area contributed by atoms with Gasteiger partial charge in [0.25, 0.3) is 0 Å². The van der Waals surface area contributed by atoms with Gasteiger partial charge in [-0.25, -0.2) is 0 Å². The number of unbranched alkanes of at least 4 members (excludes halogenated alkanes) is 2. The Bertz CT molecular complexity index is 144. The van der Waals surface area contributed by atoms with Crippen molar-refractivity contribution in [2.75, 3.05) is 39.4 Å². The lowest BCUT2D eigenvalue weighted by atomic mass is 10.2. The molecule has 1 atom stereocenters. The maximum absolute atomic E-state index is 8.63. The fraction of sp³-hybridized carbons (Fsp3) is 1.00. The molecule has 84 valence electrons. The van der Waals surface area contributed by atoms with E-state index in [0.717, 1.165) is 45.5 Å². The van der Waals surface area contributed by atoms with Crippen LogP contribution < -0.4 is 5.73 Å². The van der Waals surface area contributed by atoms with Gasteiger partial charge in [-0.1, -0.05) is 0 Å². The Kier molecular flexibility index (Phi) is 6.10. The summed E-state index contributed by atoms with van der Waals surface area (Å²) in [5.41, 5.74) is 5.56. The van der Waals surface area contributed by atoms with Crippen LogP contribution >= 0.6 is 0 Å². The highest BCUT2D eigenvalue weighted by molar-refractivity contribution is 4.71. The van der Waals surface area contributed by atoms with Crippen molar-refractivity contribution < 1.29 is 9.84 Å². The van der Waals surface area contributed by atoms with E-state index in [9.17, 15) is 0 Å². The molecule has 0 bridgehead atoms. The first kappa shape index (κ1) is 11.9.